The standard InChI is InChI=1S/C16H27NO/c1-5-14(6-2)11-17-15-8-7-9-16(10-15)18-12-13(3)4/h7-10,13-14,17H,5-6,11-12H2,1-4H3. The van der Waals surface area contributed by atoms with E-state index in [-0.39, 0.29) is 0 Å². The third-order valence-electron chi connectivity index (χ3n) is 3.17. The van der Waals surface area contributed by atoms with Crippen LogP contribution in [0.25, 0.3) is 0 Å². The molecule has 2 nitrogen and oxygen atoms in total. The zero-order chi connectivity index (χ0) is 13.4. The Morgan fingerprint density at radius 3 is 2.50 bits per heavy atom. The Morgan fingerprint density at radius 1 is 1.17 bits per heavy atom. The maximum atomic E-state index is 5.73. The van der Waals surface area contributed by atoms with Gasteiger partial charge in [0, 0.05) is 18.3 Å². The van der Waals surface area contributed by atoms with Gasteiger partial charge in [-0.1, -0.05) is 46.6 Å². The Kier molecular flexibility index (Phi) is 6.63. The van der Waals surface area contributed by atoms with Crippen molar-refractivity contribution < 1.29 is 4.74 Å². The van der Waals surface area contributed by atoms with E-state index in [0.717, 1.165) is 30.5 Å². The molecule has 0 atom stereocenters. The Morgan fingerprint density at radius 2 is 1.89 bits per heavy atom. The number of hydrogen-bond donors (Lipinski definition) is 1. The molecule has 0 aliphatic rings. The highest BCUT2D eigenvalue weighted by molar-refractivity contribution is 5.48. The second-order valence-corrected chi connectivity index (χ2v) is 5.30. The predicted molar refractivity (Wildman–Crippen MR) is 79.3 cm³/mol. The minimum Gasteiger partial charge on any atom is -0.493 e. The Bertz CT molecular complexity index is 332. The van der Waals surface area contributed by atoms with Gasteiger partial charge in [-0.15, -0.1) is 0 Å². The molecule has 0 heterocycles. The molecule has 1 aromatic rings. The largest absolute Gasteiger partial charge is 0.493 e. The van der Waals surface area contributed by atoms with E-state index in [9.17, 15) is 0 Å². The van der Waals surface area contributed by atoms with E-state index in [2.05, 4.69) is 45.1 Å². The summed E-state index contributed by atoms with van der Waals surface area (Å²) in [5.41, 5.74) is 1.16. The van der Waals surface area contributed by atoms with Crippen molar-refractivity contribution in [2.24, 2.45) is 11.8 Å². The molecule has 0 fully saturated rings. The van der Waals surface area contributed by atoms with Gasteiger partial charge < -0.3 is 10.1 Å². The number of hydrogen-bond acceptors (Lipinski definition) is 2. The lowest BCUT2D eigenvalue weighted by Crippen LogP contribution is -2.12. The fourth-order valence-electron chi connectivity index (χ4n) is 1.80. The van der Waals surface area contributed by atoms with Crippen LogP contribution >= 0.6 is 0 Å². The van der Waals surface area contributed by atoms with Crippen LogP contribution in [0.2, 0.25) is 0 Å². The fraction of sp³-hybridized carbons (Fsp3) is 0.625. The minimum atomic E-state index is 0.561. The summed E-state index contributed by atoms with van der Waals surface area (Å²) in [4.78, 5) is 0. The first-order valence-electron chi connectivity index (χ1n) is 7.12. The molecule has 0 saturated carbocycles. The van der Waals surface area contributed by atoms with Crippen LogP contribution in [0.4, 0.5) is 5.69 Å². The number of benzene rings is 1. The highest BCUT2D eigenvalue weighted by Crippen LogP contribution is 2.19. The van der Waals surface area contributed by atoms with Crippen LogP contribution in [0.3, 0.4) is 0 Å². The first kappa shape index (κ1) is 14.9. The molecule has 0 aliphatic carbocycles. The predicted octanol–water partition coefficient (Wildman–Crippen LogP) is 4.57. The van der Waals surface area contributed by atoms with Gasteiger partial charge in [0.15, 0.2) is 0 Å². The molecular formula is C16H27NO. The van der Waals surface area contributed by atoms with Gasteiger partial charge in [-0.3, -0.25) is 0 Å². The van der Waals surface area contributed by atoms with Crippen LogP contribution in [-0.2, 0) is 0 Å². The average Bonchev–Trinajstić information content (AvgIpc) is 2.38. The molecule has 0 spiro atoms. The normalized spacial score (nSPS) is 11.0. The third-order valence-corrected chi connectivity index (χ3v) is 3.17. The lowest BCUT2D eigenvalue weighted by molar-refractivity contribution is 0.271. The molecule has 1 rings (SSSR count). The summed E-state index contributed by atoms with van der Waals surface area (Å²) in [6.07, 6.45) is 2.46. The molecule has 1 aromatic carbocycles. The SMILES string of the molecule is CCC(CC)CNc1cccc(OCC(C)C)c1. The van der Waals surface area contributed by atoms with Gasteiger partial charge in [-0.25, -0.2) is 0 Å². The Balaban J connectivity index is 2.48. The summed E-state index contributed by atoms with van der Waals surface area (Å²) in [5, 5.41) is 3.49. The van der Waals surface area contributed by atoms with Gasteiger partial charge in [0.05, 0.1) is 6.61 Å². The Labute approximate surface area is 112 Å². The molecule has 1 N–H and O–H groups in total. The Hall–Kier alpha value is -1.18. The average molecular weight is 249 g/mol. The second-order valence-electron chi connectivity index (χ2n) is 5.30. The third kappa shape index (κ3) is 5.44. The maximum absolute atomic E-state index is 5.73. The molecule has 0 aromatic heterocycles. The van der Waals surface area contributed by atoms with Crippen molar-refractivity contribution in [2.45, 2.75) is 40.5 Å². The molecule has 0 amide bonds. The van der Waals surface area contributed by atoms with Gasteiger partial charge in [-0.05, 0) is 24.0 Å². The molecule has 0 aliphatic heterocycles. The summed E-state index contributed by atoms with van der Waals surface area (Å²) < 4.78 is 5.73. The van der Waals surface area contributed by atoms with Crippen molar-refractivity contribution in [1.29, 1.82) is 0 Å². The lowest BCUT2D eigenvalue weighted by Gasteiger charge is -2.15. The van der Waals surface area contributed by atoms with Gasteiger partial charge in [0.1, 0.15) is 5.75 Å². The van der Waals surface area contributed by atoms with Crippen LogP contribution in [0, 0.1) is 11.8 Å². The summed E-state index contributed by atoms with van der Waals surface area (Å²) in [5.74, 6) is 2.27. The van der Waals surface area contributed by atoms with E-state index in [1.54, 1.807) is 0 Å². The summed E-state index contributed by atoms with van der Waals surface area (Å²) >= 11 is 0. The summed E-state index contributed by atoms with van der Waals surface area (Å²) in [7, 11) is 0. The smallest absolute Gasteiger partial charge is 0.121 e. The molecule has 102 valence electrons. The quantitative estimate of drug-likeness (QED) is 0.728. The molecule has 0 unspecified atom stereocenters. The van der Waals surface area contributed by atoms with Crippen LogP contribution < -0.4 is 10.1 Å². The molecule has 2 heteroatoms. The van der Waals surface area contributed by atoms with Gasteiger partial charge in [0.2, 0.25) is 0 Å². The number of rotatable bonds is 8. The van der Waals surface area contributed by atoms with E-state index in [1.165, 1.54) is 12.8 Å². The topological polar surface area (TPSA) is 21.3 Å². The van der Waals surface area contributed by atoms with Crippen LogP contribution in [0.1, 0.15) is 40.5 Å². The van der Waals surface area contributed by atoms with Crippen molar-refractivity contribution in [3.8, 4) is 5.75 Å². The van der Waals surface area contributed by atoms with Crippen LogP contribution in [0.15, 0.2) is 24.3 Å². The van der Waals surface area contributed by atoms with E-state index in [0.29, 0.717) is 5.92 Å². The first-order chi connectivity index (χ1) is 8.65. The second kappa shape index (κ2) is 8.02. The zero-order valence-electron chi connectivity index (χ0n) is 12.2. The molecular weight excluding hydrogens is 222 g/mol. The van der Waals surface area contributed by atoms with Crippen molar-refractivity contribution in [2.75, 3.05) is 18.5 Å². The number of nitrogens with one attached hydrogen (secondary N) is 1. The molecule has 0 radical (unpaired) electrons. The zero-order valence-corrected chi connectivity index (χ0v) is 12.2. The highest BCUT2D eigenvalue weighted by Gasteiger charge is 2.03. The van der Waals surface area contributed by atoms with E-state index in [1.807, 2.05) is 12.1 Å². The van der Waals surface area contributed by atoms with E-state index >= 15 is 0 Å². The van der Waals surface area contributed by atoms with Crippen molar-refractivity contribution >= 4 is 5.69 Å². The van der Waals surface area contributed by atoms with Crippen molar-refractivity contribution in [3.05, 3.63) is 24.3 Å². The minimum absolute atomic E-state index is 0.561. The van der Waals surface area contributed by atoms with Gasteiger partial charge in [0.25, 0.3) is 0 Å². The summed E-state index contributed by atoms with van der Waals surface area (Å²) in [6, 6.07) is 8.25. The monoisotopic (exact) mass is 249 g/mol. The fourth-order valence-corrected chi connectivity index (χ4v) is 1.80. The highest BCUT2D eigenvalue weighted by atomic mass is 16.5. The van der Waals surface area contributed by atoms with Crippen LogP contribution in [-0.4, -0.2) is 13.2 Å². The first-order valence-corrected chi connectivity index (χ1v) is 7.12. The molecule has 0 saturated heterocycles. The maximum Gasteiger partial charge on any atom is 0.121 e. The van der Waals surface area contributed by atoms with Crippen molar-refractivity contribution in [1.82, 2.24) is 0 Å². The van der Waals surface area contributed by atoms with E-state index < -0.39 is 0 Å². The molecule has 0 bridgehead atoms. The van der Waals surface area contributed by atoms with Gasteiger partial charge in [-0.2, -0.15) is 0 Å². The van der Waals surface area contributed by atoms with Gasteiger partial charge >= 0.3 is 0 Å². The molecule has 18 heavy (non-hydrogen) atoms. The van der Waals surface area contributed by atoms with Crippen molar-refractivity contribution in [3.63, 3.8) is 0 Å². The van der Waals surface area contributed by atoms with E-state index in [4.69, 9.17) is 4.74 Å². The number of anilines is 1. The number of ether oxygens (including phenoxy) is 1. The van der Waals surface area contributed by atoms with Crippen LogP contribution in [0.5, 0.6) is 5.75 Å². The lowest BCUT2D eigenvalue weighted by atomic mass is 10.0. The summed E-state index contributed by atoms with van der Waals surface area (Å²) in [6.45, 7) is 10.6.